The third-order valence-corrected chi connectivity index (χ3v) is 81.0. The minimum atomic E-state index is 0.690. The van der Waals surface area contributed by atoms with Crippen LogP contribution in [0, 0.1) is 0 Å². The van der Waals surface area contributed by atoms with Crippen LogP contribution < -0.4 is 0 Å². The predicted molar refractivity (Wildman–Crippen MR) is 28.8 cm³/mol. The van der Waals surface area contributed by atoms with Crippen LogP contribution >= 0.6 is 0 Å². The summed E-state index contributed by atoms with van der Waals surface area (Å²) in [5.74, 6) is 0. The van der Waals surface area contributed by atoms with Crippen LogP contribution in [0.5, 0.6) is 0 Å². The van der Waals surface area contributed by atoms with E-state index in [2.05, 4.69) is 38.5 Å². The molecule has 0 unspecified atom stereocenters. The molecule has 0 fully saturated rings. The van der Waals surface area contributed by atoms with E-state index in [1.807, 2.05) is 0 Å². The first-order valence-corrected chi connectivity index (χ1v) is 25.5. The van der Waals surface area contributed by atoms with Gasteiger partial charge in [0.05, 0.1) is 0 Å². The number of hydrogen-bond donors (Lipinski definition) is 0. The zero-order chi connectivity index (χ0) is 4.12. The van der Waals surface area contributed by atoms with Gasteiger partial charge in [-0.1, -0.05) is 0 Å². The Morgan fingerprint density at radius 1 is 1.20 bits per heavy atom. The molecule has 0 heterocycles. The van der Waals surface area contributed by atoms with Crippen LogP contribution in [-0.4, -0.2) is 71.8 Å². The number of hydrogen-bond acceptors (Lipinski definition) is 0. The van der Waals surface area contributed by atoms with E-state index in [-0.39, 0.29) is 0 Å². The molecule has 0 aromatic rings. The molecule has 0 atom stereocenters. The summed E-state index contributed by atoms with van der Waals surface area (Å²) >= 11 is 5.35. The summed E-state index contributed by atoms with van der Waals surface area (Å²) in [6.45, 7) is 0. The molecular formula is As2Te3. The van der Waals surface area contributed by atoms with Gasteiger partial charge in [-0.2, -0.15) is 0 Å². The Bertz CT molecular complexity index is 34.2. The molecule has 0 N–H and O–H groups in total. The summed E-state index contributed by atoms with van der Waals surface area (Å²) in [6.07, 6.45) is 0. The van der Waals surface area contributed by atoms with Crippen LogP contribution in [0.25, 0.3) is 0 Å². The van der Waals surface area contributed by atoms with Gasteiger partial charge in [0.2, 0.25) is 0 Å². The first-order valence-electron chi connectivity index (χ1n) is 0.730. The molecular weight excluding hydrogens is 533 g/mol. The minimum absolute atomic E-state index is 0.690. The average Bonchev–Trinajstić information content (AvgIpc) is 1.41. The Labute approximate surface area is 69.7 Å². The van der Waals surface area contributed by atoms with Gasteiger partial charge in [0.15, 0.2) is 0 Å². The summed E-state index contributed by atoms with van der Waals surface area (Å²) in [5.41, 5.74) is 0. The van der Waals surface area contributed by atoms with Gasteiger partial charge in [-0.3, -0.25) is 0 Å². The molecule has 0 rings (SSSR count). The zero-order valence-electron chi connectivity index (χ0n) is 2.12. The van der Waals surface area contributed by atoms with Crippen molar-refractivity contribution in [2.45, 2.75) is 0 Å². The molecule has 5 heavy (non-hydrogen) atoms. The van der Waals surface area contributed by atoms with Crippen LogP contribution in [0.1, 0.15) is 0 Å². The molecule has 0 saturated heterocycles. The zero-order valence-corrected chi connectivity index (χ0v) is 12.9. The predicted octanol–water partition coefficient (Wildman–Crippen LogP) is -1.90. The fraction of sp³-hybridized carbons (Fsp3) is 0. The Morgan fingerprint density at radius 3 is 1.60 bits per heavy atom. The van der Waals surface area contributed by atoms with E-state index in [1.165, 1.54) is 0 Å². The van der Waals surface area contributed by atoms with E-state index in [0.29, 0.717) is 16.0 Å². The summed E-state index contributed by atoms with van der Waals surface area (Å²) in [4.78, 5) is 0. The van der Waals surface area contributed by atoms with Gasteiger partial charge in [0.1, 0.15) is 0 Å². The molecule has 0 radical (unpaired) electrons. The molecule has 0 bridgehead atoms. The molecule has 0 aliphatic heterocycles. The topological polar surface area (TPSA) is 0 Å². The molecule has 0 amide bonds. The summed E-state index contributed by atoms with van der Waals surface area (Å²) in [6, 6.07) is 0. The van der Waals surface area contributed by atoms with Crippen molar-refractivity contribution in [1.82, 2.24) is 0 Å². The maximum atomic E-state index is 2.33. The Balaban J connectivity index is 2.65. The summed E-state index contributed by atoms with van der Waals surface area (Å²) in [7, 11) is 1.80. The van der Waals surface area contributed by atoms with Gasteiger partial charge in [0.25, 0.3) is 0 Å². The van der Waals surface area contributed by atoms with Crippen LogP contribution in [-0.2, 0) is 0 Å². The molecule has 0 aliphatic carbocycles. The molecule has 0 aromatic carbocycles. The molecule has 0 nitrogen and oxygen atoms in total. The van der Waals surface area contributed by atoms with Gasteiger partial charge in [-0.25, -0.2) is 0 Å². The SMILES string of the molecule is [Te]=[As][Te][As]=[Te]. The first kappa shape index (κ1) is 8.49. The van der Waals surface area contributed by atoms with Crippen LogP contribution in [0.3, 0.4) is 0 Å². The van der Waals surface area contributed by atoms with Gasteiger partial charge in [-0.15, -0.1) is 0 Å². The van der Waals surface area contributed by atoms with Crippen LogP contribution in [0.2, 0.25) is 0 Å². The normalized spacial score (nSPS) is 9.60. The monoisotopic (exact) mass is 540 g/mol. The van der Waals surface area contributed by atoms with Gasteiger partial charge >= 0.3 is 71.8 Å². The second-order valence-corrected chi connectivity index (χ2v) is 49.6. The van der Waals surface area contributed by atoms with E-state index in [9.17, 15) is 0 Å². The molecule has 0 spiro atoms. The van der Waals surface area contributed by atoms with Gasteiger partial charge in [0, 0.05) is 0 Å². The third kappa shape index (κ3) is 7.49. The van der Waals surface area contributed by atoms with E-state index in [1.54, 1.807) is 0 Å². The maximum absolute atomic E-state index is 2.33. The summed E-state index contributed by atoms with van der Waals surface area (Å²) < 4.78 is 0. The fourth-order valence-electron chi connectivity index (χ4n) is 0.0136. The Hall–Kier alpha value is 3.49. The van der Waals surface area contributed by atoms with E-state index in [4.69, 9.17) is 0 Å². The first-order chi connectivity index (χ1) is 2.41. The molecule has 5 heteroatoms. The molecule has 0 saturated carbocycles. The second-order valence-electron chi connectivity index (χ2n) is 0.231. The van der Waals surface area contributed by atoms with E-state index >= 15 is 0 Å². The van der Waals surface area contributed by atoms with Crippen molar-refractivity contribution in [1.29, 1.82) is 0 Å². The second kappa shape index (κ2) is 7.49. The van der Waals surface area contributed by atoms with Crippen molar-refractivity contribution in [3.63, 3.8) is 0 Å². The Morgan fingerprint density at radius 2 is 1.60 bits per heavy atom. The number of rotatable bonds is 2. The van der Waals surface area contributed by atoms with E-state index in [0.717, 1.165) is 17.2 Å². The Kier molecular flexibility index (Phi) is 12.7. The molecule has 0 aromatic heterocycles. The van der Waals surface area contributed by atoms with Crippen molar-refractivity contribution < 1.29 is 0 Å². The van der Waals surface area contributed by atoms with Crippen LogP contribution in [0.4, 0.5) is 0 Å². The van der Waals surface area contributed by atoms with E-state index < -0.39 is 0 Å². The quantitative estimate of drug-likeness (QED) is 0.365. The van der Waals surface area contributed by atoms with Crippen molar-refractivity contribution >= 4 is 71.8 Å². The molecule has 28 valence electrons. The van der Waals surface area contributed by atoms with Crippen molar-refractivity contribution in [2.24, 2.45) is 0 Å². The molecule has 0 aliphatic rings. The summed E-state index contributed by atoms with van der Waals surface area (Å²) in [5, 5.41) is 0. The third-order valence-electron chi connectivity index (χ3n) is 0.0667. The standard InChI is InChI=1S/As2Te3/c3-1-5-2-4. The van der Waals surface area contributed by atoms with Crippen molar-refractivity contribution in [3.8, 4) is 0 Å². The average molecular weight is 533 g/mol. The van der Waals surface area contributed by atoms with Crippen molar-refractivity contribution in [3.05, 3.63) is 0 Å². The van der Waals surface area contributed by atoms with Crippen LogP contribution in [0.15, 0.2) is 0 Å². The fourth-order valence-corrected chi connectivity index (χ4v) is 111. The van der Waals surface area contributed by atoms with Crippen molar-refractivity contribution in [2.75, 3.05) is 0 Å². The van der Waals surface area contributed by atoms with Gasteiger partial charge in [-0.05, 0) is 0 Å². The van der Waals surface area contributed by atoms with Gasteiger partial charge < -0.3 is 0 Å².